The van der Waals surface area contributed by atoms with E-state index in [1.165, 1.54) is 12.1 Å². The lowest BCUT2D eigenvalue weighted by Crippen LogP contribution is -2.17. The third-order valence-corrected chi connectivity index (χ3v) is 3.13. The van der Waals surface area contributed by atoms with E-state index >= 15 is 0 Å². The molecule has 0 amide bonds. The summed E-state index contributed by atoms with van der Waals surface area (Å²) in [5.41, 5.74) is 7.34. The molecule has 0 aliphatic rings. The Kier molecular flexibility index (Phi) is 5.09. The normalized spacial score (nSPS) is 12.2. The first kappa shape index (κ1) is 14.9. The van der Waals surface area contributed by atoms with Crippen molar-refractivity contribution in [1.29, 1.82) is 0 Å². The number of rotatable bonds is 5. The molecule has 0 bridgehead atoms. The van der Waals surface area contributed by atoms with Crippen LogP contribution in [-0.2, 0) is 13.0 Å². The van der Waals surface area contributed by atoms with E-state index < -0.39 is 0 Å². The molecule has 20 heavy (non-hydrogen) atoms. The minimum Gasteiger partial charge on any atom is -0.487 e. The van der Waals surface area contributed by atoms with Crippen LogP contribution in [0.3, 0.4) is 0 Å². The molecule has 3 nitrogen and oxygen atoms in total. The van der Waals surface area contributed by atoms with Crippen LogP contribution in [0.25, 0.3) is 0 Å². The zero-order valence-electron chi connectivity index (χ0n) is 11.1. The van der Waals surface area contributed by atoms with Crippen molar-refractivity contribution >= 4 is 15.9 Å². The van der Waals surface area contributed by atoms with E-state index in [0.29, 0.717) is 18.8 Å². The molecule has 2 aromatic rings. The molecule has 1 aromatic heterocycles. The SMILES string of the molecule is CC(N)Cc1cc(F)cc(OCc2ccc(Br)cn2)c1. The van der Waals surface area contributed by atoms with Gasteiger partial charge in [0.25, 0.3) is 0 Å². The van der Waals surface area contributed by atoms with Crippen LogP contribution >= 0.6 is 15.9 Å². The summed E-state index contributed by atoms with van der Waals surface area (Å²) in [7, 11) is 0. The van der Waals surface area contributed by atoms with Gasteiger partial charge in [0.1, 0.15) is 18.2 Å². The van der Waals surface area contributed by atoms with Crippen LogP contribution in [0.15, 0.2) is 41.0 Å². The molecule has 0 aliphatic heterocycles. The molecule has 1 aromatic carbocycles. The van der Waals surface area contributed by atoms with Crippen molar-refractivity contribution in [3.8, 4) is 5.75 Å². The summed E-state index contributed by atoms with van der Waals surface area (Å²) in [6.45, 7) is 2.19. The standard InChI is InChI=1S/C15H16BrFN2O/c1-10(18)4-11-5-13(17)7-15(6-11)20-9-14-3-2-12(16)8-19-14/h2-3,5-8,10H,4,9,18H2,1H3. The minimum absolute atomic E-state index is 0.0159. The molecular formula is C15H16BrFN2O. The quantitative estimate of drug-likeness (QED) is 0.908. The van der Waals surface area contributed by atoms with Crippen molar-refractivity contribution in [2.45, 2.75) is 26.0 Å². The van der Waals surface area contributed by atoms with Gasteiger partial charge in [-0.15, -0.1) is 0 Å². The Labute approximate surface area is 126 Å². The molecule has 1 atom stereocenters. The fourth-order valence-corrected chi connectivity index (χ4v) is 2.08. The number of ether oxygens (including phenoxy) is 1. The number of hydrogen-bond donors (Lipinski definition) is 1. The molecule has 0 fully saturated rings. The number of hydrogen-bond acceptors (Lipinski definition) is 3. The minimum atomic E-state index is -0.318. The Balaban J connectivity index is 2.05. The van der Waals surface area contributed by atoms with Gasteiger partial charge in [-0.05, 0) is 59.1 Å². The summed E-state index contributed by atoms with van der Waals surface area (Å²) in [6, 6.07) is 8.38. The van der Waals surface area contributed by atoms with Crippen LogP contribution in [0.4, 0.5) is 4.39 Å². The Bertz CT molecular complexity index is 573. The van der Waals surface area contributed by atoms with Gasteiger partial charge < -0.3 is 10.5 Å². The molecule has 1 heterocycles. The Hall–Kier alpha value is -1.46. The van der Waals surface area contributed by atoms with Crippen LogP contribution in [0.1, 0.15) is 18.2 Å². The van der Waals surface area contributed by atoms with Gasteiger partial charge in [0, 0.05) is 22.8 Å². The van der Waals surface area contributed by atoms with Gasteiger partial charge in [-0.3, -0.25) is 4.98 Å². The summed E-state index contributed by atoms with van der Waals surface area (Å²) >= 11 is 3.32. The van der Waals surface area contributed by atoms with E-state index in [2.05, 4.69) is 20.9 Å². The van der Waals surface area contributed by atoms with Crippen molar-refractivity contribution in [3.05, 3.63) is 58.1 Å². The second kappa shape index (κ2) is 6.81. The molecule has 2 N–H and O–H groups in total. The third-order valence-electron chi connectivity index (χ3n) is 2.66. The van der Waals surface area contributed by atoms with Gasteiger partial charge in [-0.1, -0.05) is 0 Å². The van der Waals surface area contributed by atoms with Crippen molar-refractivity contribution in [2.75, 3.05) is 0 Å². The predicted molar refractivity (Wildman–Crippen MR) is 80.0 cm³/mol. The fourth-order valence-electron chi connectivity index (χ4n) is 1.84. The van der Waals surface area contributed by atoms with Gasteiger partial charge in [-0.25, -0.2) is 4.39 Å². The van der Waals surface area contributed by atoms with Crippen molar-refractivity contribution in [2.24, 2.45) is 5.73 Å². The molecule has 0 aliphatic carbocycles. The Morgan fingerprint density at radius 3 is 2.80 bits per heavy atom. The van der Waals surface area contributed by atoms with Crippen LogP contribution < -0.4 is 10.5 Å². The van der Waals surface area contributed by atoms with Crippen LogP contribution in [0.5, 0.6) is 5.75 Å². The second-order valence-electron chi connectivity index (χ2n) is 4.73. The zero-order chi connectivity index (χ0) is 14.5. The summed E-state index contributed by atoms with van der Waals surface area (Å²) in [5, 5.41) is 0. The van der Waals surface area contributed by atoms with Crippen LogP contribution in [-0.4, -0.2) is 11.0 Å². The van der Waals surface area contributed by atoms with Crippen LogP contribution in [0.2, 0.25) is 0 Å². The summed E-state index contributed by atoms with van der Waals surface area (Å²) in [6.07, 6.45) is 2.32. The van der Waals surface area contributed by atoms with Crippen molar-refractivity contribution in [1.82, 2.24) is 4.98 Å². The summed E-state index contributed by atoms with van der Waals surface area (Å²) in [5.74, 6) is 0.173. The number of pyridine rings is 1. The van der Waals surface area contributed by atoms with Crippen molar-refractivity contribution < 1.29 is 9.13 Å². The second-order valence-corrected chi connectivity index (χ2v) is 5.65. The number of nitrogens with two attached hydrogens (primary N) is 1. The molecule has 2 rings (SSSR count). The Morgan fingerprint density at radius 2 is 2.15 bits per heavy atom. The van der Waals surface area contributed by atoms with Crippen LogP contribution in [0, 0.1) is 5.82 Å². The van der Waals surface area contributed by atoms with Gasteiger partial charge in [0.15, 0.2) is 0 Å². The molecule has 5 heteroatoms. The lowest BCUT2D eigenvalue weighted by atomic mass is 10.1. The topological polar surface area (TPSA) is 48.1 Å². The average Bonchev–Trinajstić information content (AvgIpc) is 2.36. The first-order valence-corrected chi connectivity index (χ1v) is 7.10. The molecule has 106 valence electrons. The smallest absolute Gasteiger partial charge is 0.130 e. The highest BCUT2D eigenvalue weighted by molar-refractivity contribution is 9.10. The molecule has 0 radical (unpaired) electrons. The first-order chi connectivity index (χ1) is 9.52. The third kappa shape index (κ3) is 4.58. The van der Waals surface area contributed by atoms with E-state index in [1.807, 2.05) is 25.1 Å². The highest BCUT2D eigenvalue weighted by atomic mass is 79.9. The van der Waals surface area contributed by atoms with E-state index in [4.69, 9.17) is 10.5 Å². The summed E-state index contributed by atoms with van der Waals surface area (Å²) < 4.78 is 20.0. The van der Waals surface area contributed by atoms with Gasteiger partial charge in [0.05, 0.1) is 5.69 Å². The van der Waals surface area contributed by atoms with E-state index in [0.717, 1.165) is 15.7 Å². The lowest BCUT2D eigenvalue weighted by Gasteiger charge is -2.10. The number of halogens is 2. The van der Waals surface area contributed by atoms with E-state index in [-0.39, 0.29) is 11.9 Å². The molecule has 0 saturated carbocycles. The molecule has 0 saturated heterocycles. The fraction of sp³-hybridized carbons (Fsp3) is 0.267. The summed E-state index contributed by atoms with van der Waals surface area (Å²) in [4.78, 5) is 4.20. The Morgan fingerprint density at radius 1 is 1.35 bits per heavy atom. The van der Waals surface area contributed by atoms with Gasteiger partial charge >= 0.3 is 0 Å². The van der Waals surface area contributed by atoms with Crippen molar-refractivity contribution in [3.63, 3.8) is 0 Å². The largest absolute Gasteiger partial charge is 0.487 e. The van der Waals surface area contributed by atoms with E-state index in [1.54, 1.807) is 6.20 Å². The number of nitrogens with zero attached hydrogens (tertiary/aromatic N) is 1. The maximum absolute atomic E-state index is 13.5. The van der Waals surface area contributed by atoms with E-state index in [9.17, 15) is 4.39 Å². The highest BCUT2D eigenvalue weighted by Crippen LogP contribution is 2.19. The lowest BCUT2D eigenvalue weighted by molar-refractivity contribution is 0.299. The maximum Gasteiger partial charge on any atom is 0.130 e. The average molecular weight is 339 g/mol. The number of benzene rings is 1. The predicted octanol–water partition coefficient (Wildman–Crippen LogP) is 3.45. The first-order valence-electron chi connectivity index (χ1n) is 6.31. The molecule has 0 spiro atoms. The zero-order valence-corrected chi connectivity index (χ0v) is 12.7. The van der Waals surface area contributed by atoms with Gasteiger partial charge in [-0.2, -0.15) is 0 Å². The maximum atomic E-state index is 13.5. The molecule has 1 unspecified atom stereocenters. The highest BCUT2D eigenvalue weighted by Gasteiger charge is 2.05. The molecular weight excluding hydrogens is 323 g/mol. The monoisotopic (exact) mass is 338 g/mol. The number of aromatic nitrogens is 1. The van der Waals surface area contributed by atoms with Gasteiger partial charge in [0.2, 0.25) is 0 Å².